The lowest BCUT2D eigenvalue weighted by atomic mass is 10.2. The molecule has 1 aliphatic carbocycles. The molecule has 1 amide bonds. The summed E-state index contributed by atoms with van der Waals surface area (Å²) in [7, 11) is 0. The Morgan fingerprint density at radius 2 is 2.24 bits per heavy atom. The molecule has 3 rings (SSSR count). The Morgan fingerprint density at radius 3 is 2.86 bits per heavy atom. The van der Waals surface area contributed by atoms with Crippen LogP contribution in [0.1, 0.15) is 18.5 Å². The molecule has 5 nitrogen and oxygen atoms in total. The zero-order valence-corrected chi connectivity index (χ0v) is 12.7. The summed E-state index contributed by atoms with van der Waals surface area (Å²) in [5.41, 5.74) is 0.681. The molecule has 0 radical (unpaired) electrons. The number of aliphatic carboxylic acids is 1. The first-order chi connectivity index (χ1) is 10.1. The van der Waals surface area contributed by atoms with Crippen LogP contribution in [-0.4, -0.2) is 28.0 Å². The van der Waals surface area contributed by atoms with Crippen LogP contribution in [0, 0.1) is 5.92 Å². The molecule has 1 aliphatic rings. The molecular formula is C14H14N2O3S2. The van der Waals surface area contributed by atoms with Gasteiger partial charge in [-0.25, -0.2) is 9.78 Å². The third-order valence-electron chi connectivity index (χ3n) is 3.30. The van der Waals surface area contributed by atoms with Crippen molar-refractivity contribution in [3.63, 3.8) is 0 Å². The van der Waals surface area contributed by atoms with Crippen LogP contribution in [0.3, 0.4) is 0 Å². The van der Waals surface area contributed by atoms with Gasteiger partial charge in [0.05, 0.1) is 17.0 Å². The molecule has 1 saturated carbocycles. The molecule has 2 aromatic rings. The van der Waals surface area contributed by atoms with Gasteiger partial charge in [-0.1, -0.05) is 6.07 Å². The van der Waals surface area contributed by atoms with E-state index < -0.39 is 12.0 Å². The first kappa shape index (κ1) is 14.2. The number of hydrogen-bond acceptors (Lipinski definition) is 5. The Hall–Kier alpha value is -1.73. The number of aromatic nitrogens is 1. The van der Waals surface area contributed by atoms with Crippen LogP contribution in [-0.2, 0) is 16.0 Å². The maximum Gasteiger partial charge on any atom is 0.326 e. The summed E-state index contributed by atoms with van der Waals surface area (Å²) in [6.07, 6.45) is 1.87. The summed E-state index contributed by atoms with van der Waals surface area (Å²) >= 11 is 3.10. The molecule has 0 aliphatic heterocycles. The van der Waals surface area contributed by atoms with Crippen LogP contribution in [0.25, 0.3) is 9.88 Å². The molecule has 1 unspecified atom stereocenters. The van der Waals surface area contributed by atoms with Gasteiger partial charge in [-0.2, -0.15) is 0 Å². The van der Waals surface area contributed by atoms with E-state index in [4.69, 9.17) is 5.11 Å². The van der Waals surface area contributed by atoms with Crippen LogP contribution in [0.15, 0.2) is 22.9 Å². The van der Waals surface area contributed by atoms with E-state index in [1.165, 1.54) is 11.3 Å². The smallest absolute Gasteiger partial charge is 0.326 e. The van der Waals surface area contributed by atoms with Crippen molar-refractivity contribution < 1.29 is 14.7 Å². The highest BCUT2D eigenvalue weighted by Crippen LogP contribution is 2.33. The van der Waals surface area contributed by atoms with Gasteiger partial charge in [0.25, 0.3) is 0 Å². The van der Waals surface area contributed by atoms with E-state index in [0.717, 1.165) is 22.7 Å². The average Bonchev–Trinajstić information content (AvgIpc) is 2.94. The molecular weight excluding hydrogens is 308 g/mol. The zero-order chi connectivity index (χ0) is 14.8. The van der Waals surface area contributed by atoms with E-state index in [-0.39, 0.29) is 18.2 Å². The Kier molecular flexibility index (Phi) is 4.03. The summed E-state index contributed by atoms with van der Waals surface area (Å²) in [6.45, 7) is 0. The summed E-state index contributed by atoms with van der Waals surface area (Å²) in [5.74, 6) is -1.15. The van der Waals surface area contributed by atoms with Crippen molar-refractivity contribution in [3.8, 4) is 9.88 Å². The lowest BCUT2D eigenvalue weighted by Gasteiger charge is -2.12. The van der Waals surface area contributed by atoms with E-state index in [9.17, 15) is 9.59 Å². The molecule has 21 heavy (non-hydrogen) atoms. The maximum absolute atomic E-state index is 11.9. The molecule has 0 saturated heterocycles. The number of carboxylic acids is 1. The first-order valence-corrected chi connectivity index (χ1v) is 8.40. The Balaban J connectivity index is 1.61. The van der Waals surface area contributed by atoms with Crippen LogP contribution in [0.4, 0.5) is 0 Å². The predicted molar refractivity (Wildman–Crippen MR) is 81.4 cm³/mol. The standard InChI is InChI=1S/C14H14N2O3S2/c17-11(16-12(14(18)19)8-3-4-8)6-9-7-21-13(15-9)10-2-1-5-20-10/h1-2,5,7-8,12H,3-4,6H2,(H,16,17)(H,18,19). The molecule has 0 bridgehead atoms. The summed E-state index contributed by atoms with van der Waals surface area (Å²) in [6, 6.07) is 3.19. The highest BCUT2D eigenvalue weighted by molar-refractivity contribution is 7.20. The van der Waals surface area contributed by atoms with Crippen molar-refractivity contribution in [2.45, 2.75) is 25.3 Å². The molecule has 0 spiro atoms. The summed E-state index contributed by atoms with van der Waals surface area (Å²) in [5, 5.41) is 16.4. The molecule has 2 N–H and O–H groups in total. The lowest BCUT2D eigenvalue weighted by Crippen LogP contribution is -2.43. The number of thiazole rings is 1. The summed E-state index contributed by atoms with van der Waals surface area (Å²) in [4.78, 5) is 28.6. The third kappa shape index (κ3) is 3.48. The van der Waals surface area contributed by atoms with Crippen molar-refractivity contribution in [2.75, 3.05) is 0 Å². The molecule has 1 atom stereocenters. The largest absolute Gasteiger partial charge is 0.480 e. The molecule has 2 heterocycles. The zero-order valence-electron chi connectivity index (χ0n) is 11.1. The minimum Gasteiger partial charge on any atom is -0.480 e. The molecule has 110 valence electrons. The van der Waals surface area contributed by atoms with Gasteiger partial charge in [0, 0.05) is 5.38 Å². The number of rotatable bonds is 6. The number of amides is 1. The maximum atomic E-state index is 11.9. The Morgan fingerprint density at radius 1 is 1.43 bits per heavy atom. The highest BCUT2D eigenvalue weighted by atomic mass is 32.1. The van der Waals surface area contributed by atoms with E-state index >= 15 is 0 Å². The second-order valence-electron chi connectivity index (χ2n) is 5.02. The van der Waals surface area contributed by atoms with Crippen molar-refractivity contribution in [2.24, 2.45) is 5.92 Å². The van der Waals surface area contributed by atoms with E-state index in [1.807, 2.05) is 22.9 Å². The third-order valence-corrected chi connectivity index (χ3v) is 5.23. The predicted octanol–water partition coefficient (Wildman–Crippen LogP) is 2.39. The molecule has 0 aromatic carbocycles. The van der Waals surface area contributed by atoms with Gasteiger partial charge in [-0.3, -0.25) is 4.79 Å². The van der Waals surface area contributed by atoms with Crippen LogP contribution < -0.4 is 5.32 Å². The number of carboxylic acid groups (broad SMARTS) is 1. The number of nitrogens with zero attached hydrogens (tertiary/aromatic N) is 1. The van der Waals surface area contributed by atoms with Gasteiger partial charge < -0.3 is 10.4 Å². The summed E-state index contributed by atoms with van der Waals surface area (Å²) < 4.78 is 0. The number of thiophene rings is 1. The van der Waals surface area contributed by atoms with Crippen molar-refractivity contribution in [3.05, 3.63) is 28.6 Å². The molecule has 7 heteroatoms. The highest BCUT2D eigenvalue weighted by Gasteiger charge is 2.37. The monoisotopic (exact) mass is 322 g/mol. The topological polar surface area (TPSA) is 79.3 Å². The normalized spacial score (nSPS) is 15.6. The quantitative estimate of drug-likeness (QED) is 0.856. The van der Waals surface area contributed by atoms with Gasteiger partial charge in [0.15, 0.2) is 0 Å². The van der Waals surface area contributed by atoms with Crippen LogP contribution in [0.5, 0.6) is 0 Å². The number of carbonyl (C=O) groups excluding carboxylic acids is 1. The molecule has 1 fully saturated rings. The van der Waals surface area contributed by atoms with Gasteiger partial charge in [0.1, 0.15) is 11.0 Å². The van der Waals surface area contributed by atoms with Crippen LogP contribution >= 0.6 is 22.7 Å². The van der Waals surface area contributed by atoms with Gasteiger partial charge in [-0.15, -0.1) is 22.7 Å². The van der Waals surface area contributed by atoms with Gasteiger partial charge in [-0.05, 0) is 30.2 Å². The van der Waals surface area contributed by atoms with Gasteiger partial charge in [0.2, 0.25) is 5.91 Å². The average molecular weight is 322 g/mol. The van der Waals surface area contributed by atoms with E-state index in [2.05, 4.69) is 10.3 Å². The lowest BCUT2D eigenvalue weighted by molar-refractivity contribution is -0.142. The van der Waals surface area contributed by atoms with Crippen LogP contribution in [0.2, 0.25) is 0 Å². The fourth-order valence-corrected chi connectivity index (χ4v) is 3.74. The van der Waals surface area contributed by atoms with Crippen molar-refractivity contribution >= 4 is 34.6 Å². The Bertz CT molecular complexity index is 647. The number of carbonyl (C=O) groups is 2. The fraction of sp³-hybridized carbons (Fsp3) is 0.357. The second-order valence-corrected chi connectivity index (χ2v) is 6.82. The minimum absolute atomic E-state index is 0.0866. The first-order valence-electron chi connectivity index (χ1n) is 6.64. The second kappa shape index (κ2) is 5.95. The minimum atomic E-state index is -0.955. The van der Waals surface area contributed by atoms with Gasteiger partial charge >= 0.3 is 5.97 Å². The van der Waals surface area contributed by atoms with E-state index in [0.29, 0.717) is 5.69 Å². The van der Waals surface area contributed by atoms with Crippen molar-refractivity contribution in [1.29, 1.82) is 0 Å². The van der Waals surface area contributed by atoms with Crippen molar-refractivity contribution in [1.82, 2.24) is 10.3 Å². The SMILES string of the molecule is O=C(Cc1csc(-c2cccs2)n1)NC(C(=O)O)C1CC1. The fourth-order valence-electron chi connectivity index (χ4n) is 2.10. The molecule has 2 aromatic heterocycles. The number of hydrogen-bond donors (Lipinski definition) is 2. The Labute approximate surface area is 129 Å². The number of nitrogens with one attached hydrogen (secondary N) is 1. The van der Waals surface area contributed by atoms with E-state index in [1.54, 1.807) is 11.3 Å².